The molecule has 0 atom stereocenters. The van der Waals surface area contributed by atoms with Crippen LogP contribution in [-0.4, -0.2) is 39.5 Å². The Kier molecular flexibility index (Phi) is 10.6. The SMILES string of the molecule is COc1ccc(CCNC(N)=NCc2cccc(OCC(F)(F)F)c2)cc1OC.I. The zero-order valence-corrected chi connectivity index (χ0v) is 19.0. The van der Waals surface area contributed by atoms with Crippen molar-refractivity contribution in [1.29, 1.82) is 0 Å². The summed E-state index contributed by atoms with van der Waals surface area (Å²) in [6, 6.07) is 12.0. The van der Waals surface area contributed by atoms with Gasteiger partial charge in [-0.25, -0.2) is 4.99 Å². The molecule has 0 fully saturated rings. The van der Waals surface area contributed by atoms with Crippen LogP contribution in [0.4, 0.5) is 13.2 Å². The first-order chi connectivity index (χ1) is 13.8. The summed E-state index contributed by atoms with van der Waals surface area (Å²) in [4.78, 5) is 4.20. The molecule has 0 spiro atoms. The summed E-state index contributed by atoms with van der Waals surface area (Å²) in [5, 5.41) is 3.00. The molecule has 0 aliphatic rings. The van der Waals surface area contributed by atoms with Crippen molar-refractivity contribution in [2.45, 2.75) is 19.1 Å². The van der Waals surface area contributed by atoms with Gasteiger partial charge in [-0.1, -0.05) is 18.2 Å². The molecule has 0 unspecified atom stereocenters. The lowest BCUT2D eigenvalue weighted by molar-refractivity contribution is -0.153. The molecule has 0 aliphatic heterocycles. The summed E-state index contributed by atoms with van der Waals surface area (Å²) in [7, 11) is 3.15. The van der Waals surface area contributed by atoms with Crippen molar-refractivity contribution in [3.63, 3.8) is 0 Å². The number of hydrogen-bond acceptors (Lipinski definition) is 4. The van der Waals surface area contributed by atoms with Gasteiger partial charge in [-0.05, 0) is 41.8 Å². The zero-order chi connectivity index (χ0) is 21.3. The Bertz CT molecular complexity index is 832. The highest BCUT2D eigenvalue weighted by Gasteiger charge is 2.28. The van der Waals surface area contributed by atoms with Crippen molar-refractivity contribution in [2.75, 3.05) is 27.4 Å². The second-order valence-electron chi connectivity index (χ2n) is 6.12. The van der Waals surface area contributed by atoms with Crippen LogP contribution in [0, 0.1) is 0 Å². The third kappa shape index (κ3) is 8.97. The van der Waals surface area contributed by atoms with Gasteiger partial charge in [-0.3, -0.25) is 0 Å². The molecule has 3 N–H and O–H groups in total. The fourth-order valence-electron chi connectivity index (χ4n) is 2.50. The molecule has 0 aliphatic carbocycles. The highest BCUT2D eigenvalue weighted by molar-refractivity contribution is 14.0. The van der Waals surface area contributed by atoms with Crippen LogP contribution >= 0.6 is 24.0 Å². The van der Waals surface area contributed by atoms with Gasteiger partial charge in [0.15, 0.2) is 24.1 Å². The molecule has 10 heteroatoms. The van der Waals surface area contributed by atoms with Gasteiger partial charge in [0.25, 0.3) is 0 Å². The van der Waals surface area contributed by atoms with E-state index in [9.17, 15) is 13.2 Å². The van der Waals surface area contributed by atoms with E-state index in [1.165, 1.54) is 12.1 Å². The largest absolute Gasteiger partial charge is 0.493 e. The summed E-state index contributed by atoms with van der Waals surface area (Å²) in [6.45, 7) is -0.558. The number of nitrogens with one attached hydrogen (secondary N) is 1. The van der Waals surface area contributed by atoms with E-state index in [4.69, 9.17) is 19.9 Å². The monoisotopic (exact) mass is 539 g/mol. The average Bonchev–Trinajstić information content (AvgIpc) is 2.70. The molecule has 2 aromatic rings. The van der Waals surface area contributed by atoms with E-state index >= 15 is 0 Å². The number of guanidine groups is 1. The van der Waals surface area contributed by atoms with Gasteiger partial charge in [0.05, 0.1) is 20.8 Å². The second kappa shape index (κ2) is 12.4. The lowest BCUT2D eigenvalue weighted by Gasteiger charge is -2.11. The Morgan fingerprint density at radius 1 is 1.03 bits per heavy atom. The van der Waals surface area contributed by atoms with Crippen LogP contribution in [-0.2, 0) is 13.0 Å². The maximum absolute atomic E-state index is 12.2. The first kappa shape index (κ1) is 25.7. The standard InChI is InChI=1S/C20H24F3N3O3.HI/c1-27-17-7-6-14(11-18(17)28-2)8-9-25-19(24)26-12-15-4-3-5-16(10-15)29-13-20(21,22)23;/h3-7,10-11H,8-9,12-13H2,1-2H3,(H3,24,25,26);1H. The molecule has 6 nitrogen and oxygen atoms in total. The topological polar surface area (TPSA) is 78.1 Å². The predicted octanol–water partition coefficient (Wildman–Crippen LogP) is 3.91. The van der Waals surface area contributed by atoms with Crippen LogP contribution in [0.2, 0.25) is 0 Å². The van der Waals surface area contributed by atoms with Crippen molar-refractivity contribution < 1.29 is 27.4 Å². The van der Waals surface area contributed by atoms with Crippen LogP contribution in [0.5, 0.6) is 17.2 Å². The van der Waals surface area contributed by atoms with Gasteiger partial charge >= 0.3 is 6.18 Å². The minimum atomic E-state index is -4.38. The molecule has 30 heavy (non-hydrogen) atoms. The van der Waals surface area contributed by atoms with Gasteiger partial charge in [-0.15, -0.1) is 24.0 Å². The highest BCUT2D eigenvalue weighted by atomic mass is 127. The molecular formula is C20H25F3IN3O3. The van der Waals surface area contributed by atoms with Crippen molar-refractivity contribution in [3.05, 3.63) is 53.6 Å². The number of benzene rings is 2. The van der Waals surface area contributed by atoms with Crippen LogP contribution in [0.25, 0.3) is 0 Å². The molecule has 0 saturated heterocycles. The molecular weight excluding hydrogens is 514 g/mol. The van der Waals surface area contributed by atoms with E-state index in [0.717, 1.165) is 5.56 Å². The summed E-state index contributed by atoms with van der Waals surface area (Å²) >= 11 is 0. The number of ether oxygens (including phenoxy) is 3. The van der Waals surface area contributed by atoms with Gasteiger partial charge in [0, 0.05) is 6.54 Å². The highest BCUT2D eigenvalue weighted by Crippen LogP contribution is 2.27. The number of rotatable bonds is 9. The Morgan fingerprint density at radius 3 is 2.43 bits per heavy atom. The van der Waals surface area contributed by atoms with E-state index in [-0.39, 0.29) is 42.2 Å². The number of nitrogens with zero attached hydrogens (tertiary/aromatic N) is 1. The fourth-order valence-corrected chi connectivity index (χ4v) is 2.50. The Balaban J connectivity index is 0.00000450. The van der Waals surface area contributed by atoms with Crippen LogP contribution < -0.4 is 25.3 Å². The first-order valence-electron chi connectivity index (χ1n) is 8.84. The minimum absolute atomic E-state index is 0. The molecule has 0 aromatic heterocycles. The predicted molar refractivity (Wildman–Crippen MR) is 120 cm³/mol. The molecule has 0 bridgehead atoms. The molecule has 0 saturated carbocycles. The van der Waals surface area contributed by atoms with Crippen LogP contribution in [0.1, 0.15) is 11.1 Å². The second-order valence-corrected chi connectivity index (χ2v) is 6.12. The molecule has 166 valence electrons. The lowest BCUT2D eigenvalue weighted by atomic mass is 10.1. The van der Waals surface area contributed by atoms with Gasteiger partial charge in [-0.2, -0.15) is 13.2 Å². The Morgan fingerprint density at radius 2 is 1.77 bits per heavy atom. The third-order valence-electron chi connectivity index (χ3n) is 3.90. The minimum Gasteiger partial charge on any atom is -0.493 e. The molecule has 0 heterocycles. The van der Waals surface area contributed by atoms with E-state index < -0.39 is 12.8 Å². The van der Waals surface area contributed by atoms with E-state index in [2.05, 4.69) is 10.3 Å². The normalized spacial score (nSPS) is 11.4. The third-order valence-corrected chi connectivity index (χ3v) is 3.90. The molecule has 0 radical (unpaired) electrons. The van der Waals surface area contributed by atoms with Gasteiger partial charge in [0.2, 0.25) is 0 Å². The van der Waals surface area contributed by atoms with Crippen LogP contribution in [0.3, 0.4) is 0 Å². The van der Waals surface area contributed by atoms with Gasteiger partial charge < -0.3 is 25.3 Å². The van der Waals surface area contributed by atoms with E-state index in [0.29, 0.717) is 30.0 Å². The van der Waals surface area contributed by atoms with Crippen molar-refractivity contribution in [1.82, 2.24) is 5.32 Å². The first-order valence-corrected chi connectivity index (χ1v) is 8.84. The zero-order valence-electron chi connectivity index (χ0n) is 16.7. The number of hydrogen-bond donors (Lipinski definition) is 2. The van der Waals surface area contributed by atoms with E-state index in [1.54, 1.807) is 26.4 Å². The lowest BCUT2D eigenvalue weighted by Crippen LogP contribution is -2.33. The number of nitrogens with two attached hydrogens (primary N) is 1. The Labute approximate surface area is 190 Å². The number of halogens is 4. The quantitative estimate of drug-likeness (QED) is 0.287. The molecule has 2 aromatic carbocycles. The summed E-state index contributed by atoms with van der Waals surface area (Å²) in [6.07, 6.45) is -3.69. The van der Waals surface area contributed by atoms with Crippen LogP contribution in [0.15, 0.2) is 47.5 Å². The maximum Gasteiger partial charge on any atom is 0.422 e. The van der Waals surface area contributed by atoms with Gasteiger partial charge in [0.1, 0.15) is 5.75 Å². The van der Waals surface area contributed by atoms with Crippen molar-refractivity contribution in [2.24, 2.45) is 10.7 Å². The smallest absolute Gasteiger partial charge is 0.422 e. The van der Waals surface area contributed by atoms with Crippen molar-refractivity contribution >= 4 is 29.9 Å². The van der Waals surface area contributed by atoms with E-state index in [1.807, 2.05) is 18.2 Å². The fraction of sp³-hybridized carbons (Fsp3) is 0.350. The summed E-state index contributed by atoms with van der Waals surface area (Å²) < 4.78 is 51.9. The summed E-state index contributed by atoms with van der Waals surface area (Å²) in [5.41, 5.74) is 7.58. The summed E-state index contributed by atoms with van der Waals surface area (Å²) in [5.74, 6) is 1.69. The maximum atomic E-state index is 12.2. The van der Waals surface area contributed by atoms with Crippen molar-refractivity contribution in [3.8, 4) is 17.2 Å². The number of alkyl halides is 3. The molecule has 0 amide bonds. The Hall–Kier alpha value is -2.37. The average molecular weight is 539 g/mol. The number of aliphatic imine (C=N–C) groups is 1. The molecule has 2 rings (SSSR count). The number of methoxy groups -OCH3 is 2.